The predicted octanol–water partition coefficient (Wildman–Crippen LogP) is 1.65. The average Bonchev–Trinajstić information content (AvgIpc) is 2.47. The molecule has 1 fully saturated rings. The lowest BCUT2D eigenvalue weighted by Gasteiger charge is -2.25. The lowest BCUT2D eigenvalue weighted by Crippen LogP contribution is -2.33. The summed E-state index contributed by atoms with van der Waals surface area (Å²) in [4.78, 5) is 2.33. The van der Waals surface area contributed by atoms with Gasteiger partial charge in [0.2, 0.25) is 0 Å². The van der Waals surface area contributed by atoms with E-state index in [0.29, 0.717) is 12.6 Å². The molecule has 0 amide bonds. The van der Waals surface area contributed by atoms with Crippen molar-refractivity contribution in [3.05, 3.63) is 0 Å². The lowest BCUT2D eigenvalue weighted by atomic mass is 10.1. The molecule has 0 radical (unpaired) electrons. The van der Waals surface area contributed by atoms with Crippen LogP contribution in [0.2, 0.25) is 0 Å². The van der Waals surface area contributed by atoms with Gasteiger partial charge in [-0.3, -0.25) is 0 Å². The maximum absolute atomic E-state index is 9.84. The van der Waals surface area contributed by atoms with E-state index < -0.39 is 0 Å². The zero-order valence-corrected chi connectivity index (χ0v) is 10.5. The van der Waals surface area contributed by atoms with Crippen LogP contribution in [0.5, 0.6) is 0 Å². The Morgan fingerprint density at radius 3 is 2.60 bits per heavy atom. The fourth-order valence-electron chi connectivity index (χ4n) is 2.01. The second-order valence-corrected chi connectivity index (χ2v) is 5.59. The minimum atomic E-state index is -0.324. The largest absolute Gasteiger partial charge is 0.391 e. The van der Waals surface area contributed by atoms with E-state index in [4.69, 9.17) is 4.74 Å². The molecule has 3 heteroatoms. The molecule has 1 N–H and O–H groups in total. The first kappa shape index (κ1) is 12.9. The van der Waals surface area contributed by atoms with Crippen molar-refractivity contribution in [2.24, 2.45) is 0 Å². The number of aliphatic hydroxyl groups excluding tert-OH is 1. The van der Waals surface area contributed by atoms with Crippen LogP contribution >= 0.6 is 0 Å². The highest BCUT2D eigenvalue weighted by atomic mass is 16.5. The fourth-order valence-corrected chi connectivity index (χ4v) is 2.01. The van der Waals surface area contributed by atoms with Crippen molar-refractivity contribution >= 4 is 0 Å². The number of hydrogen-bond acceptors (Lipinski definition) is 3. The van der Waals surface area contributed by atoms with Gasteiger partial charge in [0.25, 0.3) is 0 Å². The molecule has 1 unspecified atom stereocenters. The van der Waals surface area contributed by atoms with Gasteiger partial charge in [-0.15, -0.1) is 0 Å². The molecule has 1 saturated heterocycles. The summed E-state index contributed by atoms with van der Waals surface area (Å²) in [6.45, 7) is 7.66. The molecular weight excluding hydrogens is 190 g/mol. The van der Waals surface area contributed by atoms with Gasteiger partial charge < -0.3 is 14.7 Å². The van der Waals surface area contributed by atoms with Crippen molar-refractivity contribution in [3.63, 3.8) is 0 Å². The Balaban J connectivity index is 2.20. The first-order chi connectivity index (χ1) is 6.88. The zero-order valence-electron chi connectivity index (χ0n) is 10.5. The maximum Gasteiger partial charge on any atom is 0.0788 e. The smallest absolute Gasteiger partial charge is 0.0788 e. The Labute approximate surface area is 93.4 Å². The summed E-state index contributed by atoms with van der Waals surface area (Å²) < 4.78 is 5.57. The highest BCUT2D eigenvalue weighted by Crippen LogP contribution is 2.20. The number of ether oxygens (including phenoxy) is 1. The van der Waals surface area contributed by atoms with Crippen molar-refractivity contribution in [1.29, 1.82) is 0 Å². The number of rotatable bonds is 4. The normalized spacial score (nSPS) is 25.8. The van der Waals surface area contributed by atoms with Crippen LogP contribution < -0.4 is 0 Å². The summed E-state index contributed by atoms with van der Waals surface area (Å²) in [5.74, 6) is 0. The molecule has 0 saturated carbocycles. The first-order valence-electron chi connectivity index (χ1n) is 5.91. The van der Waals surface area contributed by atoms with Crippen LogP contribution in [0.15, 0.2) is 0 Å². The molecule has 3 nitrogen and oxygen atoms in total. The monoisotopic (exact) mass is 215 g/mol. The molecule has 1 aliphatic heterocycles. The van der Waals surface area contributed by atoms with Crippen LogP contribution in [0, 0.1) is 0 Å². The third-order valence-electron chi connectivity index (χ3n) is 2.92. The van der Waals surface area contributed by atoms with E-state index in [1.54, 1.807) is 0 Å². The minimum Gasteiger partial charge on any atom is -0.391 e. The Hall–Kier alpha value is -0.120. The quantitative estimate of drug-likeness (QED) is 0.774. The van der Waals surface area contributed by atoms with Crippen molar-refractivity contribution in [1.82, 2.24) is 4.90 Å². The van der Waals surface area contributed by atoms with Crippen LogP contribution in [0.4, 0.5) is 0 Å². The Kier molecular flexibility index (Phi) is 4.56. The molecular formula is C12H25NO2. The Bertz CT molecular complexity index is 189. The molecule has 2 atom stereocenters. The van der Waals surface area contributed by atoms with E-state index in [9.17, 15) is 5.11 Å². The molecule has 0 spiro atoms. The molecule has 0 aromatic heterocycles. The van der Waals surface area contributed by atoms with E-state index in [1.807, 2.05) is 20.8 Å². The van der Waals surface area contributed by atoms with Gasteiger partial charge in [0.05, 0.1) is 18.3 Å². The van der Waals surface area contributed by atoms with Gasteiger partial charge in [0.1, 0.15) is 0 Å². The Morgan fingerprint density at radius 1 is 1.47 bits per heavy atom. The molecule has 0 aliphatic carbocycles. The lowest BCUT2D eigenvalue weighted by molar-refractivity contribution is -0.0545. The van der Waals surface area contributed by atoms with Crippen LogP contribution in [0.3, 0.4) is 0 Å². The van der Waals surface area contributed by atoms with Crippen molar-refractivity contribution in [2.75, 3.05) is 20.2 Å². The van der Waals surface area contributed by atoms with E-state index in [2.05, 4.69) is 11.9 Å². The molecule has 1 rings (SSSR count). The van der Waals surface area contributed by atoms with E-state index in [1.165, 1.54) is 12.8 Å². The molecule has 15 heavy (non-hydrogen) atoms. The standard InChI is InChI=1S/C12H25NO2/c1-12(2,3)15-9-11(14)8-10-6-5-7-13(10)4/h10-11,14H,5-9H2,1-4H3/t10?,11-/m0/s1. The van der Waals surface area contributed by atoms with Crippen LogP contribution in [-0.2, 0) is 4.74 Å². The summed E-state index contributed by atoms with van der Waals surface area (Å²) >= 11 is 0. The van der Waals surface area contributed by atoms with Gasteiger partial charge in [0, 0.05) is 6.04 Å². The second-order valence-electron chi connectivity index (χ2n) is 5.59. The van der Waals surface area contributed by atoms with Crippen LogP contribution in [0.1, 0.15) is 40.0 Å². The van der Waals surface area contributed by atoms with Gasteiger partial charge in [-0.05, 0) is 53.6 Å². The highest BCUT2D eigenvalue weighted by molar-refractivity contribution is 4.79. The summed E-state index contributed by atoms with van der Waals surface area (Å²) in [5, 5.41) is 9.84. The summed E-state index contributed by atoms with van der Waals surface area (Å²) in [6, 6.07) is 0.545. The fraction of sp³-hybridized carbons (Fsp3) is 1.00. The molecule has 0 aromatic carbocycles. The second kappa shape index (κ2) is 5.28. The van der Waals surface area contributed by atoms with Gasteiger partial charge in [-0.25, -0.2) is 0 Å². The van der Waals surface area contributed by atoms with Gasteiger partial charge in [-0.2, -0.15) is 0 Å². The Morgan fingerprint density at radius 2 is 2.13 bits per heavy atom. The minimum absolute atomic E-state index is 0.150. The third kappa shape index (κ3) is 4.96. The van der Waals surface area contributed by atoms with Gasteiger partial charge >= 0.3 is 0 Å². The number of hydrogen-bond donors (Lipinski definition) is 1. The SMILES string of the molecule is CN1CCCC1C[C@H](O)COC(C)(C)C. The molecule has 0 aromatic rings. The first-order valence-corrected chi connectivity index (χ1v) is 5.91. The molecule has 90 valence electrons. The van der Waals surface area contributed by atoms with Crippen molar-refractivity contribution in [3.8, 4) is 0 Å². The molecule has 0 bridgehead atoms. The van der Waals surface area contributed by atoms with Gasteiger partial charge in [-0.1, -0.05) is 0 Å². The summed E-state index contributed by atoms with van der Waals surface area (Å²) in [5.41, 5.74) is -0.150. The zero-order chi connectivity index (χ0) is 11.5. The maximum atomic E-state index is 9.84. The molecule has 1 aliphatic rings. The van der Waals surface area contributed by atoms with Crippen molar-refractivity contribution < 1.29 is 9.84 Å². The molecule has 1 heterocycles. The number of nitrogens with zero attached hydrogens (tertiary/aromatic N) is 1. The van der Waals surface area contributed by atoms with Crippen LogP contribution in [-0.4, -0.2) is 48.0 Å². The van der Waals surface area contributed by atoms with Crippen molar-refractivity contribution in [2.45, 2.75) is 57.8 Å². The number of likely N-dealkylation sites (tertiary alicyclic amines) is 1. The average molecular weight is 215 g/mol. The summed E-state index contributed by atoms with van der Waals surface area (Å²) in [6.07, 6.45) is 2.98. The third-order valence-corrected chi connectivity index (χ3v) is 2.92. The summed E-state index contributed by atoms with van der Waals surface area (Å²) in [7, 11) is 2.13. The van der Waals surface area contributed by atoms with E-state index in [-0.39, 0.29) is 11.7 Å². The predicted molar refractivity (Wildman–Crippen MR) is 62.0 cm³/mol. The van der Waals surface area contributed by atoms with Gasteiger partial charge in [0.15, 0.2) is 0 Å². The van der Waals surface area contributed by atoms with E-state index in [0.717, 1.165) is 13.0 Å². The highest BCUT2D eigenvalue weighted by Gasteiger charge is 2.24. The topological polar surface area (TPSA) is 32.7 Å². The van der Waals surface area contributed by atoms with Crippen LogP contribution in [0.25, 0.3) is 0 Å². The van der Waals surface area contributed by atoms with E-state index >= 15 is 0 Å². The number of aliphatic hydroxyl groups is 1.